The number of amides is 1. The highest BCUT2D eigenvalue weighted by molar-refractivity contribution is 6.04. The van der Waals surface area contributed by atoms with Crippen LogP contribution < -0.4 is 9.47 Å². The number of fused-ring (bicyclic) bond motifs is 2. The third-order valence-electron chi connectivity index (χ3n) is 6.29. The summed E-state index contributed by atoms with van der Waals surface area (Å²) < 4.78 is 12.0. The predicted octanol–water partition coefficient (Wildman–Crippen LogP) is 5.10. The zero-order chi connectivity index (χ0) is 23.7. The minimum Gasteiger partial charge on any atom is -0.484 e. The van der Waals surface area contributed by atoms with Crippen LogP contribution in [0, 0.1) is 13.8 Å². The maximum Gasteiger partial charge on any atom is 0.260 e. The Morgan fingerprint density at radius 1 is 1.00 bits per heavy atom. The van der Waals surface area contributed by atoms with Gasteiger partial charge in [0.1, 0.15) is 23.0 Å². The van der Waals surface area contributed by atoms with Crippen LogP contribution in [0.3, 0.4) is 0 Å². The molecule has 3 aromatic rings. The van der Waals surface area contributed by atoms with Crippen LogP contribution >= 0.6 is 0 Å². The van der Waals surface area contributed by atoms with Crippen molar-refractivity contribution in [1.29, 1.82) is 0 Å². The number of rotatable bonds is 3. The lowest BCUT2D eigenvalue weighted by atomic mass is 10.1. The third-order valence-corrected chi connectivity index (χ3v) is 6.29. The van der Waals surface area contributed by atoms with Crippen molar-refractivity contribution in [2.75, 3.05) is 26.2 Å². The number of benzene rings is 3. The molecule has 2 aliphatic heterocycles. The Morgan fingerprint density at radius 3 is 2.56 bits per heavy atom. The van der Waals surface area contributed by atoms with Gasteiger partial charge in [0.15, 0.2) is 12.4 Å². The fourth-order valence-corrected chi connectivity index (χ4v) is 4.50. The molecule has 1 unspecified atom stereocenters. The molecule has 0 bridgehead atoms. The number of nitrogens with zero attached hydrogens (tertiary/aromatic N) is 3. The van der Waals surface area contributed by atoms with Crippen LogP contribution in [-0.2, 0) is 4.79 Å². The number of carbonyl (C=O) groups excluding carboxylic acids is 1. The van der Waals surface area contributed by atoms with E-state index in [0.29, 0.717) is 25.4 Å². The van der Waals surface area contributed by atoms with Gasteiger partial charge >= 0.3 is 0 Å². The van der Waals surface area contributed by atoms with E-state index in [1.165, 1.54) is 0 Å². The van der Waals surface area contributed by atoms with Gasteiger partial charge in [0.25, 0.3) is 5.91 Å². The van der Waals surface area contributed by atoms with Gasteiger partial charge in [-0.2, -0.15) is 0 Å². The van der Waals surface area contributed by atoms with Gasteiger partial charge in [0, 0.05) is 25.7 Å². The van der Waals surface area contributed by atoms with Gasteiger partial charge in [0.05, 0.1) is 5.56 Å². The fraction of sp³-hybridized carbons (Fsp3) is 0.286. The largest absolute Gasteiger partial charge is 0.484 e. The quantitative estimate of drug-likeness (QED) is 0.551. The Morgan fingerprint density at radius 2 is 1.76 bits per heavy atom. The van der Waals surface area contributed by atoms with E-state index in [1.54, 1.807) is 0 Å². The molecule has 6 heteroatoms. The first-order chi connectivity index (χ1) is 16.5. The van der Waals surface area contributed by atoms with E-state index in [2.05, 4.69) is 43.9 Å². The van der Waals surface area contributed by atoms with Gasteiger partial charge in [-0.1, -0.05) is 35.9 Å². The Labute approximate surface area is 200 Å². The highest BCUT2D eigenvalue weighted by Gasteiger charge is 2.31. The number of ether oxygens (including phenoxy) is 2. The zero-order valence-electron chi connectivity index (χ0n) is 19.8. The Hall–Kier alpha value is -3.80. The van der Waals surface area contributed by atoms with Gasteiger partial charge in [-0.3, -0.25) is 4.79 Å². The molecule has 6 nitrogen and oxygen atoms in total. The maximum absolute atomic E-state index is 12.9. The number of amidine groups is 1. The number of carbonyl (C=O) groups is 1. The van der Waals surface area contributed by atoms with E-state index in [1.807, 2.05) is 53.4 Å². The molecule has 2 aliphatic rings. The SMILES string of the molecule is Cc1ccc2c(c1)Oc1ccc(C)cc1C(N1CCN(C(=O)COc3ccccc3)C(C)C1)=N2. The number of aliphatic imine (C=N–C) groups is 1. The zero-order valence-corrected chi connectivity index (χ0v) is 19.8. The van der Waals surface area contributed by atoms with E-state index in [4.69, 9.17) is 14.5 Å². The Kier molecular flexibility index (Phi) is 5.97. The molecule has 0 aliphatic carbocycles. The highest BCUT2D eigenvalue weighted by atomic mass is 16.5. The number of para-hydroxylation sites is 1. The van der Waals surface area contributed by atoms with Crippen LogP contribution in [0.2, 0.25) is 0 Å². The molecule has 0 spiro atoms. The summed E-state index contributed by atoms with van der Waals surface area (Å²) in [5.74, 6) is 3.16. The number of hydrogen-bond donors (Lipinski definition) is 0. The second-order valence-corrected chi connectivity index (χ2v) is 8.99. The average Bonchev–Trinajstić information content (AvgIpc) is 2.99. The normalized spacial score (nSPS) is 17.1. The van der Waals surface area contributed by atoms with Crippen molar-refractivity contribution < 1.29 is 14.3 Å². The van der Waals surface area contributed by atoms with Crippen molar-refractivity contribution in [1.82, 2.24) is 9.80 Å². The topological polar surface area (TPSA) is 54.4 Å². The van der Waals surface area contributed by atoms with Crippen molar-refractivity contribution in [2.45, 2.75) is 26.8 Å². The van der Waals surface area contributed by atoms with Crippen LogP contribution in [0.4, 0.5) is 5.69 Å². The van der Waals surface area contributed by atoms with Gasteiger partial charge in [-0.15, -0.1) is 0 Å². The molecule has 0 aromatic heterocycles. The molecule has 34 heavy (non-hydrogen) atoms. The van der Waals surface area contributed by atoms with E-state index < -0.39 is 0 Å². The molecular formula is C28H29N3O3. The lowest BCUT2D eigenvalue weighted by molar-refractivity contribution is -0.137. The van der Waals surface area contributed by atoms with E-state index in [-0.39, 0.29) is 18.6 Å². The van der Waals surface area contributed by atoms with Crippen molar-refractivity contribution in [2.24, 2.45) is 4.99 Å². The van der Waals surface area contributed by atoms with Crippen LogP contribution in [0.5, 0.6) is 17.2 Å². The number of hydrogen-bond acceptors (Lipinski definition) is 5. The molecule has 174 valence electrons. The van der Waals surface area contributed by atoms with Crippen molar-refractivity contribution >= 4 is 17.4 Å². The molecule has 0 saturated carbocycles. The molecule has 3 aromatic carbocycles. The van der Waals surface area contributed by atoms with Crippen LogP contribution in [-0.4, -0.2) is 53.8 Å². The van der Waals surface area contributed by atoms with E-state index in [0.717, 1.165) is 39.7 Å². The third kappa shape index (κ3) is 4.49. The Balaban J connectivity index is 1.37. The lowest BCUT2D eigenvalue weighted by Gasteiger charge is -2.41. The van der Waals surface area contributed by atoms with E-state index >= 15 is 0 Å². The van der Waals surface area contributed by atoms with Crippen LogP contribution in [0.15, 0.2) is 71.7 Å². The Bertz CT molecular complexity index is 1240. The minimum atomic E-state index is -0.000734. The fourth-order valence-electron chi connectivity index (χ4n) is 4.50. The first-order valence-corrected chi connectivity index (χ1v) is 11.7. The molecule has 1 saturated heterocycles. The standard InChI is InChI=1S/C28H29N3O3/c1-19-10-12-25-23(15-19)28(29-24-11-9-20(2)16-26(24)34-25)30-13-14-31(21(3)17-30)27(32)18-33-22-7-5-4-6-8-22/h4-12,15-16,21H,13-14,17-18H2,1-3H3. The average molecular weight is 456 g/mol. The molecule has 2 heterocycles. The second kappa shape index (κ2) is 9.21. The van der Waals surface area contributed by atoms with Gasteiger partial charge in [0.2, 0.25) is 0 Å². The lowest BCUT2D eigenvalue weighted by Crippen LogP contribution is -2.56. The van der Waals surface area contributed by atoms with Crippen LogP contribution in [0.1, 0.15) is 23.6 Å². The second-order valence-electron chi connectivity index (χ2n) is 8.99. The molecule has 0 N–H and O–H groups in total. The number of piperazine rings is 1. The van der Waals surface area contributed by atoms with Gasteiger partial charge in [-0.25, -0.2) is 4.99 Å². The summed E-state index contributed by atoms with van der Waals surface area (Å²) in [6, 6.07) is 21.8. The van der Waals surface area contributed by atoms with Crippen molar-refractivity contribution in [3.05, 3.63) is 83.4 Å². The summed E-state index contributed by atoms with van der Waals surface area (Å²) in [6.07, 6.45) is 0. The van der Waals surface area contributed by atoms with E-state index in [9.17, 15) is 4.79 Å². The summed E-state index contributed by atoms with van der Waals surface area (Å²) in [6.45, 7) is 8.23. The summed E-state index contributed by atoms with van der Waals surface area (Å²) >= 11 is 0. The van der Waals surface area contributed by atoms with Gasteiger partial charge in [-0.05, 0) is 62.7 Å². The molecule has 5 rings (SSSR count). The minimum absolute atomic E-state index is 0.000734. The van der Waals surface area contributed by atoms with Crippen molar-refractivity contribution in [3.63, 3.8) is 0 Å². The summed E-state index contributed by atoms with van der Waals surface area (Å²) in [4.78, 5) is 22.1. The summed E-state index contributed by atoms with van der Waals surface area (Å²) in [7, 11) is 0. The molecular weight excluding hydrogens is 426 g/mol. The highest BCUT2D eigenvalue weighted by Crippen LogP contribution is 2.39. The maximum atomic E-state index is 12.9. The van der Waals surface area contributed by atoms with Gasteiger partial charge < -0.3 is 19.3 Å². The molecule has 0 radical (unpaired) electrons. The summed E-state index contributed by atoms with van der Waals surface area (Å²) in [5, 5.41) is 0. The van der Waals surface area contributed by atoms with Crippen molar-refractivity contribution in [3.8, 4) is 17.2 Å². The van der Waals surface area contributed by atoms with Crippen LogP contribution in [0.25, 0.3) is 0 Å². The molecule has 1 atom stereocenters. The predicted molar refractivity (Wildman–Crippen MR) is 133 cm³/mol. The molecule has 1 fully saturated rings. The summed E-state index contributed by atoms with van der Waals surface area (Å²) in [5.41, 5.74) is 4.08. The smallest absolute Gasteiger partial charge is 0.260 e. The first kappa shape index (κ1) is 22.0. The molecule has 1 amide bonds. The monoisotopic (exact) mass is 455 g/mol. The number of aryl methyl sites for hydroxylation is 2. The first-order valence-electron chi connectivity index (χ1n) is 11.7.